The van der Waals surface area contributed by atoms with Crippen molar-refractivity contribution < 1.29 is 9.53 Å². The molecule has 0 bridgehead atoms. The summed E-state index contributed by atoms with van der Waals surface area (Å²) in [4.78, 5) is 20.4. The molecule has 0 heterocycles. The van der Waals surface area contributed by atoms with Gasteiger partial charge in [-0.3, -0.25) is 14.7 Å². The summed E-state index contributed by atoms with van der Waals surface area (Å²) in [6.45, 7) is 8.31. The number of amides is 1. The summed E-state index contributed by atoms with van der Waals surface area (Å²) in [5.41, 5.74) is 3.91. The second-order valence-corrected chi connectivity index (χ2v) is 9.92. The molecular formula is C27H42N2O2. The number of ether oxygens (including phenoxy) is 1. The Kier molecular flexibility index (Phi) is 8.32. The van der Waals surface area contributed by atoms with Crippen molar-refractivity contribution in [1.29, 1.82) is 0 Å². The summed E-state index contributed by atoms with van der Waals surface area (Å²) in [6.07, 6.45) is 9.68. The lowest BCUT2D eigenvalue weighted by molar-refractivity contribution is -0.132. The van der Waals surface area contributed by atoms with Gasteiger partial charge in [0.2, 0.25) is 5.91 Å². The predicted octanol–water partition coefficient (Wildman–Crippen LogP) is 6.23. The zero-order chi connectivity index (χ0) is 22.5. The van der Waals surface area contributed by atoms with Crippen molar-refractivity contribution in [2.45, 2.75) is 103 Å². The Morgan fingerprint density at radius 1 is 1.10 bits per heavy atom. The largest absolute Gasteiger partial charge is 0.381 e. The third kappa shape index (κ3) is 5.39. The van der Waals surface area contributed by atoms with Gasteiger partial charge in [-0.25, -0.2) is 0 Å². The SMILES string of the molecule is CN=C(C)N(C(=O)C(c1cc(C2CCCC2)ccc1C)C1CCC(OC)CC1)C(C)C. The first-order chi connectivity index (χ1) is 14.9. The fourth-order valence-corrected chi connectivity index (χ4v) is 5.80. The Hall–Kier alpha value is -1.68. The number of benzene rings is 1. The average Bonchev–Trinajstić information content (AvgIpc) is 3.30. The minimum Gasteiger partial charge on any atom is -0.381 e. The van der Waals surface area contributed by atoms with Gasteiger partial charge < -0.3 is 4.74 Å². The molecular weight excluding hydrogens is 384 g/mol. The van der Waals surface area contributed by atoms with Gasteiger partial charge in [0.25, 0.3) is 0 Å². The fraction of sp³-hybridized carbons (Fsp3) is 0.704. The van der Waals surface area contributed by atoms with Crippen LogP contribution in [0.2, 0.25) is 0 Å². The summed E-state index contributed by atoms with van der Waals surface area (Å²) in [6, 6.07) is 7.03. The van der Waals surface area contributed by atoms with Gasteiger partial charge in [-0.1, -0.05) is 31.0 Å². The molecule has 0 saturated heterocycles. The third-order valence-electron chi connectivity index (χ3n) is 7.68. The number of carbonyl (C=O) groups is 1. The normalized spacial score (nSPS) is 23.9. The molecule has 2 aliphatic rings. The molecule has 3 rings (SSSR count). The second-order valence-electron chi connectivity index (χ2n) is 9.92. The number of aliphatic imine (C=N–C) groups is 1. The predicted molar refractivity (Wildman–Crippen MR) is 129 cm³/mol. The zero-order valence-corrected chi connectivity index (χ0v) is 20.5. The summed E-state index contributed by atoms with van der Waals surface area (Å²) in [7, 11) is 3.59. The molecule has 1 aromatic carbocycles. The van der Waals surface area contributed by atoms with Crippen LogP contribution in [-0.2, 0) is 9.53 Å². The van der Waals surface area contributed by atoms with Gasteiger partial charge in [-0.05, 0) is 94.7 Å². The number of hydrogen-bond donors (Lipinski definition) is 0. The van der Waals surface area contributed by atoms with E-state index >= 15 is 0 Å². The van der Waals surface area contributed by atoms with Crippen molar-refractivity contribution in [1.82, 2.24) is 4.90 Å². The van der Waals surface area contributed by atoms with Crippen LogP contribution in [0.1, 0.15) is 101 Å². The van der Waals surface area contributed by atoms with E-state index in [2.05, 4.69) is 44.0 Å². The first kappa shape index (κ1) is 24.0. The molecule has 172 valence electrons. The molecule has 2 saturated carbocycles. The smallest absolute Gasteiger partial charge is 0.235 e. The molecule has 4 heteroatoms. The van der Waals surface area contributed by atoms with Crippen LogP contribution in [0.4, 0.5) is 0 Å². The highest BCUT2D eigenvalue weighted by Gasteiger charge is 2.38. The summed E-state index contributed by atoms with van der Waals surface area (Å²) < 4.78 is 5.62. The van der Waals surface area contributed by atoms with E-state index in [0.717, 1.165) is 31.5 Å². The van der Waals surface area contributed by atoms with E-state index in [9.17, 15) is 4.79 Å². The zero-order valence-electron chi connectivity index (χ0n) is 20.5. The highest BCUT2D eigenvalue weighted by molar-refractivity contribution is 6.00. The van der Waals surface area contributed by atoms with Crippen LogP contribution in [0.15, 0.2) is 23.2 Å². The molecule has 2 aliphatic carbocycles. The first-order valence-corrected chi connectivity index (χ1v) is 12.3. The van der Waals surface area contributed by atoms with Crippen molar-refractivity contribution >= 4 is 11.7 Å². The van der Waals surface area contributed by atoms with Crippen LogP contribution in [0.25, 0.3) is 0 Å². The number of nitrogens with zero attached hydrogens (tertiary/aromatic N) is 2. The average molecular weight is 427 g/mol. The van der Waals surface area contributed by atoms with Crippen molar-refractivity contribution in [3.05, 3.63) is 34.9 Å². The maximum absolute atomic E-state index is 14.1. The minimum absolute atomic E-state index is 0.0901. The minimum atomic E-state index is -0.113. The van der Waals surface area contributed by atoms with Gasteiger partial charge in [-0.15, -0.1) is 0 Å². The van der Waals surface area contributed by atoms with E-state index in [1.807, 2.05) is 18.9 Å². The topological polar surface area (TPSA) is 41.9 Å². The van der Waals surface area contributed by atoms with Crippen molar-refractivity contribution in [3.8, 4) is 0 Å². The lowest BCUT2D eigenvalue weighted by atomic mass is 9.73. The maximum atomic E-state index is 14.1. The Bertz CT molecular complexity index is 771. The van der Waals surface area contributed by atoms with E-state index < -0.39 is 0 Å². The fourth-order valence-electron chi connectivity index (χ4n) is 5.80. The van der Waals surface area contributed by atoms with E-state index in [0.29, 0.717) is 17.9 Å². The van der Waals surface area contributed by atoms with Gasteiger partial charge in [0.05, 0.1) is 12.0 Å². The molecule has 0 aromatic heterocycles. The molecule has 0 spiro atoms. The number of carbonyl (C=O) groups excluding carboxylic acids is 1. The van der Waals surface area contributed by atoms with Gasteiger partial charge >= 0.3 is 0 Å². The standard InChI is InChI=1S/C27H42N2O2/c1-18(2)29(20(4)28-5)27(30)26(22-13-15-24(31-6)16-14-22)25-17-23(12-11-19(25)3)21-9-7-8-10-21/h11-12,17-18,21-22,24,26H,7-10,13-16H2,1-6H3. The van der Waals surface area contributed by atoms with Gasteiger partial charge in [0, 0.05) is 20.2 Å². The van der Waals surface area contributed by atoms with Crippen LogP contribution in [-0.4, -0.2) is 42.9 Å². The number of amidine groups is 1. The van der Waals surface area contributed by atoms with Crippen LogP contribution in [0.3, 0.4) is 0 Å². The Labute approximate surface area is 189 Å². The molecule has 4 nitrogen and oxygen atoms in total. The van der Waals surface area contributed by atoms with Crippen molar-refractivity contribution in [2.75, 3.05) is 14.2 Å². The Morgan fingerprint density at radius 3 is 2.29 bits per heavy atom. The van der Waals surface area contributed by atoms with Gasteiger partial charge in [0.15, 0.2) is 0 Å². The molecule has 1 atom stereocenters. The van der Waals surface area contributed by atoms with Gasteiger partial charge in [-0.2, -0.15) is 0 Å². The first-order valence-electron chi connectivity index (χ1n) is 12.3. The highest BCUT2D eigenvalue weighted by Crippen LogP contribution is 2.42. The molecule has 2 fully saturated rings. The molecule has 1 aromatic rings. The number of rotatable bonds is 6. The molecule has 0 N–H and O–H groups in total. The van der Waals surface area contributed by atoms with E-state index in [4.69, 9.17) is 4.74 Å². The Balaban J connectivity index is 2.01. The molecule has 1 unspecified atom stereocenters. The quantitative estimate of drug-likeness (QED) is 0.400. The van der Waals surface area contributed by atoms with Crippen LogP contribution in [0.5, 0.6) is 0 Å². The molecule has 31 heavy (non-hydrogen) atoms. The molecule has 0 aliphatic heterocycles. The lowest BCUT2D eigenvalue weighted by Gasteiger charge is -2.38. The summed E-state index contributed by atoms with van der Waals surface area (Å²) in [5.74, 6) is 1.91. The highest BCUT2D eigenvalue weighted by atomic mass is 16.5. The van der Waals surface area contributed by atoms with Gasteiger partial charge in [0.1, 0.15) is 5.84 Å². The van der Waals surface area contributed by atoms with Crippen molar-refractivity contribution in [3.63, 3.8) is 0 Å². The number of hydrogen-bond acceptors (Lipinski definition) is 3. The van der Waals surface area contributed by atoms with Crippen molar-refractivity contribution in [2.24, 2.45) is 10.9 Å². The van der Waals surface area contributed by atoms with Crippen LogP contribution < -0.4 is 0 Å². The monoisotopic (exact) mass is 426 g/mol. The second kappa shape index (κ2) is 10.8. The lowest BCUT2D eigenvalue weighted by Crippen LogP contribution is -2.45. The van der Waals surface area contributed by atoms with E-state index in [-0.39, 0.29) is 17.9 Å². The molecule has 0 radical (unpaired) electrons. The number of aryl methyl sites for hydroxylation is 1. The van der Waals surface area contributed by atoms with E-state index in [1.54, 1.807) is 7.05 Å². The number of methoxy groups -OCH3 is 1. The van der Waals surface area contributed by atoms with E-state index in [1.165, 1.54) is 42.4 Å². The summed E-state index contributed by atoms with van der Waals surface area (Å²) in [5, 5.41) is 0. The summed E-state index contributed by atoms with van der Waals surface area (Å²) >= 11 is 0. The maximum Gasteiger partial charge on any atom is 0.235 e. The molecule has 1 amide bonds. The Morgan fingerprint density at radius 2 is 1.74 bits per heavy atom. The van der Waals surface area contributed by atoms with Crippen LogP contribution in [0, 0.1) is 12.8 Å². The third-order valence-corrected chi connectivity index (χ3v) is 7.68. The van der Waals surface area contributed by atoms with Crippen LogP contribution >= 0.6 is 0 Å².